The first-order valence-electron chi connectivity index (χ1n) is 8.65. The fraction of sp³-hybridized carbons (Fsp3) is 0.300. The number of hydrogen-bond donors (Lipinski definition) is 1. The molecule has 1 N–H and O–H groups in total. The van der Waals surface area contributed by atoms with E-state index in [0.29, 0.717) is 0 Å². The minimum absolute atomic E-state index is 0.0122. The Labute approximate surface area is 166 Å². The van der Waals surface area contributed by atoms with E-state index in [-0.39, 0.29) is 13.2 Å². The number of hydrogen-bond acceptors (Lipinski definition) is 5. The highest BCUT2D eigenvalue weighted by Gasteiger charge is 2.33. The molecule has 2 rings (SSSR count). The molecule has 156 valence electrons. The number of amides is 2. The van der Waals surface area contributed by atoms with Gasteiger partial charge in [-0.25, -0.2) is 0 Å². The summed E-state index contributed by atoms with van der Waals surface area (Å²) in [6.07, 6.45) is -4.96. The second-order valence-electron chi connectivity index (χ2n) is 6.34. The lowest BCUT2D eigenvalue weighted by atomic mass is 10.1. The van der Waals surface area contributed by atoms with Crippen molar-refractivity contribution in [2.45, 2.75) is 19.0 Å². The van der Waals surface area contributed by atoms with Crippen molar-refractivity contribution in [1.82, 2.24) is 10.2 Å². The van der Waals surface area contributed by atoms with Crippen LogP contribution in [0.1, 0.15) is 15.9 Å². The van der Waals surface area contributed by atoms with E-state index in [1.807, 2.05) is 30.3 Å². The van der Waals surface area contributed by atoms with E-state index in [2.05, 4.69) is 10.1 Å². The maximum Gasteiger partial charge on any atom is 0.573 e. The summed E-state index contributed by atoms with van der Waals surface area (Å²) in [4.78, 5) is 26.4. The van der Waals surface area contributed by atoms with Crippen LogP contribution in [0.2, 0.25) is 0 Å². The number of nitrogens with one attached hydrogen (secondary N) is 1. The number of benzene rings is 2. The van der Waals surface area contributed by atoms with Crippen molar-refractivity contribution in [3.8, 4) is 5.75 Å². The van der Waals surface area contributed by atoms with Gasteiger partial charge in [-0.15, -0.1) is 13.2 Å². The van der Waals surface area contributed by atoms with Crippen molar-refractivity contribution in [3.63, 3.8) is 0 Å². The molecule has 0 bridgehead atoms. The molecule has 6 nitrogen and oxygen atoms in total. The molecule has 0 heterocycles. The van der Waals surface area contributed by atoms with Crippen molar-refractivity contribution in [1.29, 1.82) is 0 Å². The number of ether oxygens (including phenoxy) is 2. The van der Waals surface area contributed by atoms with Crippen LogP contribution in [0.15, 0.2) is 54.6 Å². The van der Waals surface area contributed by atoms with Gasteiger partial charge in [0.2, 0.25) is 5.91 Å². The molecule has 0 saturated heterocycles. The number of likely N-dealkylation sites (N-methyl/N-ethyl adjacent to an activating group) is 1. The molecule has 0 fully saturated rings. The molecule has 0 radical (unpaired) electrons. The molecule has 29 heavy (non-hydrogen) atoms. The second-order valence-corrected chi connectivity index (χ2v) is 6.34. The number of imide groups is 1. The Morgan fingerprint density at radius 1 is 1.03 bits per heavy atom. The van der Waals surface area contributed by atoms with Gasteiger partial charge >= 0.3 is 6.36 Å². The zero-order chi connectivity index (χ0) is 21.4. The lowest BCUT2D eigenvalue weighted by Gasteiger charge is -2.23. The fourth-order valence-electron chi connectivity index (χ4n) is 2.45. The van der Waals surface area contributed by atoms with Crippen molar-refractivity contribution >= 4 is 11.8 Å². The molecule has 0 aliphatic heterocycles. The van der Waals surface area contributed by atoms with Crippen LogP contribution in [-0.4, -0.2) is 49.8 Å². The predicted octanol–water partition coefficient (Wildman–Crippen LogP) is 2.99. The van der Waals surface area contributed by atoms with E-state index in [1.54, 1.807) is 19.0 Å². The van der Waals surface area contributed by atoms with Gasteiger partial charge in [0, 0.05) is 0 Å². The number of halogens is 3. The summed E-state index contributed by atoms with van der Waals surface area (Å²) in [6, 6.07) is 13.3. The van der Waals surface area contributed by atoms with Gasteiger partial charge in [0.15, 0.2) is 0 Å². The standard InChI is InChI=1S/C20H21F3N2O4/c1-25(2)16(13-28-12-14-8-4-3-5-9-14)19(27)24-18(26)15-10-6-7-11-17(15)29-20(21,22)23/h3-11,16H,12-13H2,1-2H3,(H,24,26,27). The fourth-order valence-corrected chi connectivity index (χ4v) is 2.45. The van der Waals surface area contributed by atoms with Crippen LogP contribution in [0, 0.1) is 0 Å². The molecule has 2 aromatic rings. The summed E-state index contributed by atoms with van der Waals surface area (Å²) in [7, 11) is 3.25. The zero-order valence-corrected chi connectivity index (χ0v) is 15.9. The van der Waals surface area contributed by atoms with Gasteiger partial charge in [0.05, 0.1) is 18.8 Å². The summed E-state index contributed by atoms with van der Waals surface area (Å²) in [6.45, 7) is 0.260. The Morgan fingerprint density at radius 3 is 2.28 bits per heavy atom. The average Bonchev–Trinajstić information content (AvgIpc) is 2.64. The lowest BCUT2D eigenvalue weighted by molar-refractivity contribution is -0.274. The molecule has 1 atom stereocenters. The van der Waals surface area contributed by atoms with E-state index in [9.17, 15) is 22.8 Å². The molecule has 9 heteroatoms. The number of carbonyl (C=O) groups is 2. The van der Waals surface area contributed by atoms with Gasteiger partial charge in [0.1, 0.15) is 11.8 Å². The highest BCUT2D eigenvalue weighted by Crippen LogP contribution is 2.26. The van der Waals surface area contributed by atoms with Crippen LogP contribution >= 0.6 is 0 Å². The number of rotatable bonds is 8. The largest absolute Gasteiger partial charge is 0.573 e. The van der Waals surface area contributed by atoms with Gasteiger partial charge in [-0.05, 0) is 31.8 Å². The minimum Gasteiger partial charge on any atom is -0.405 e. The van der Waals surface area contributed by atoms with Gasteiger partial charge < -0.3 is 9.47 Å². The first-order valence-corrected chi connectivity index (χ1v) is 8.65. The Morgan fingerprint density at radius 2 is 1.66 bits per heavy atom. The van der Waals surface area contributed by atoms with E-state index in [4.69, 9.17) is 4.74 Å². The monoisotopic (exact) mass is 410 g/mol. The van der Waals surface area contributed by atoms with Crippen molar-refractivity contribution in [3.05, 3.63) is 65.7 Å². The number of carbonyl (C=O) groups excluding carboxylic acids is 2. The van der Waals surface area contributed by atoms with Gasteiger partial charge in [-0.2, -0.15) is 0 Å². The van der Waals surface area contributed by atoms with Crippen molar-refractivity contribution in [2.75, 3.05) is 20.7 Å². The first-order chi connectivity index (χ1) is 13.7. The first kappa shape index (κ1) is 22.4. The van der Waals surface area contributed by atoms with Crippen LogP contribution in [0.5, 0.6) is 5.75 Å². The molecule has 2 amide bonds. The molecular weight excluding hydrogens is 389 g/mol. The summed E-state index contributed by atoms with van der Waals surface area (Å²) < 4.78 is 47.0. The SMILES string of the molecule is CN(C)C(COCc1ccccc1)C(=O)NC(=O)c1ccccc1OC(F)(F)F. The van der Waals surface area contributed by atoms with E-state index in [0.717, 1.165) is 17.7 Å². The van der Waals surface area contributed by atoms with Crippen molar-refractivity contribution < 1.29 is 32.2 Å². The Balaban J connectivity index is 2.01. The predicted molar refractivity (Wildman–Crippen MR) is 99.2 cm³/mol. The molecule has 0 aromatic heterocycles. The maximum atomic E-state index is 12.5. The average molecular weight is 410 g/mol. The highest BCUT2D eigenvalue weighted by atomic mass is 19.4. The molecular formula is C20H21F3N2O4. The Kier molecular flexibility index (Phi) is 7.74. The molecule has 0 saturated carbocycles. The van der Waals surface area contributed by atoms with Gasteiger partial charge in [-0.3, -0.25) is 19.8 Å². The van der Waals surface area contributed by atoms with Gasteiger partial charge in [0.25, 0.3) is 5.91 Å². The summed E-state index contributed by atoms with van der Waals surface area (Å²) in [5.41, 5.74) is 0.514. The number of para-hydroxylation sites is 1. The van der Waals surface area contributed by atoms with E-state index < -0.39 is 35.5 Å². The third-order valence-electron chi connectivity index (χ3n) is 3.91. The number of nitrogens with zero attached hydrogens (tertiary/aromatic N) is 1. The summed E-state index contributed by atoms with van der Waals surface area (Å²) in [5, 5.41) is 2.11. The van der Waals surface area contributed by atoms with E-state index in [1.165, 1.54) is 12.1 Å². The molecule has 1 unspecified atom stereocenters. The minimum atomic E-state index is -4.96. The van der Waals surface area contributed by atoms with Crippen molar-refractivity contribution in [2.24, 2.45) is 0 Å². The molecule has 0 spiro atoms. The lowest BCUT2D eigenvalue weighted by Crippen LogP contribution is -2.48. The Hall–Kier alpha value is -2.91. The third-order valence-corrected chi connectivity index (χ3v) is 3.91. The third kappa shape index (κ3) is 7.20. The van der Waals surface area contributed by atoms with Crippen LogP contribution in [-0.2, 0) is 16.1 Å². The Bertz CT molecular complexity index is 826. The molecule has 2 aromatic carbocycles. The number of alkyl halides is 3. The van der Waals surface area contributed by atoms with Crippen LogP contribution in [0.25, 0.3) is 0 Å². The van der Waals surface area contributed by atoms with Crippen LogP contribution in [0.4, 0.5) is 13.2 Å². The normalized spacial score (nSPS) is 12.5. The quantitative estimate of drug-likeness (QED) is 0.725. The summed E-state index contributed by atoms with van der Waals surface area (Å²) in [5.74, 6) is -2.38. The topological polar surface area (TPSA) is 67.9 Å². The smallest absolute Gasteiger partial charge is 0.405 e. The van der Waals surface area contributed by atoms with Gasteiger partial charge in [-0.1, -0.05) is 42.5 Å². The molecule has 0 aliphatic carbocycles. The van der Waals surface area contributed by atoms with Crippen LogP contribution < -0.4 is 10.1 Å². The van der Waals surface area contributed by atoms with Crippen LogP contribution in [0.3, 0.4) is 0 Å². The highest BCUT2D eigenvalue weighted by molar-refractivity contribution is 6.07. The summed E-state index contributed by atoms with van der Waals surface area (Å²) >= 11 is 0. The maximum absolute atomic E-state index is 12.5. The zero-order valence-electron chi connectivity index (χ0n) is 15.9. The second kappa shape index (κ2) is 10.0. The molecule has 0 aliphatic rings. The van der Waals surface area contributed by atoms with E-state index >= 15 is 0 Å².